The molecule has 1 N–H and O–H groups in total. The molecule has 0 bridgehead atoms. The van der Waals surface area contributed by atoms with Crippen molar-refractivity contribution in [3.8, 4) is 22.6 Å². The summed E-state index contributed by atoms with van der Waals surface area (Å²) in [6, 6.07) is 19.4. The fourth-order valence-electron chi connectivity index (χ4n) is 5.43. The third-order valence-corrected chi connectivity index (χ3v) is 7.42. The van der Waals surface area contributed by atoms with Gasteiger partial charge in [-0.15, -0.1) is 13.2 Å². The van der Waals surface area contributed by atoms with Crippen LogP contribution in [0.2, 0.25) is 0 Å². The van der Waals surface area contributed by atoms with Crippen molar-refractivity contribution in [3.63, 3.8) is 0 Å². The Morgan fingerprint density at radius 2 is 1.52 bits per heavy atom. The summed E-state index contributed by atoms with van der Waals surface area (Å²) in [5.41, 5.74) is 2.08. The van der Waals surface area contributed by atoms with Crippen molar-refractivity contribution in [2.75, 3.05) is 18.4 Å². The van der Waals surface area contributed by atoms with Crippen LogP contribution in [-0.4, -0.2) is 42.3 Å². The summed E-state index contributed by atoms with van der Waals surface area (Å²) in [4.78, 5) is 27.9. The number of ether oxygens (including phenoxy) is 2. The quantitative estimate of drug-likeness (QED) is 0.341. The van der Waals surface area contributed by atoms with Crippen molar-refractivity contribution in [1.82, 2.24) is 4.90 Å². The normalized spacial score (nSPS) is 16.5. The van der Waals surface area contributed by atoms with E-state index in [9.17, 15) is 22.8 Å². The molecule has 0 aromatic heterocycles. The molecule has 210 valence electrons. The molecule has 2 amide bonds. The molecule has 2 fully saturated rings. The Morgan fingerprint density at radius 1 is 0.825 bits per heavy atom. The van der Waals surface area contributed by atoms with Crippen molar-refractivity contribution < 1.29 is 32.2 Å². The molecule has 0 unspecified atom stereocenters. The van der Waals surface area contributed by atoms with Gasteiger partial charge in [0.2, 0.25) is 5.91 Å². The number of hydrogen-bond donors (Lipinski definition) is 1. The molecule has 1 aliphatic carbocycles. The summed E-state index contributed by atoms with van der Waals surface area (Å²) >= 11 is 0. The number of nitrogens with one attached hydrogen (secondary N) is 1. The van der Waals surface area contributed by atoms with Gasteiger partial charge in [0, 0.05) is 49.2 Å². The highest BCUT2D eigenvalue weighted by Crippen LogP contribution is 2.31. The van der Waals surface area contributed by atoms with E-state index in [2.05, 4.69) is 10.1 Å². The molecule has 3 aromatic carbocycles. The highest BCUT2D eigenvalue weighted by Gasteiger charge is 2.31. The monoisotopic (exact) mass is 552 g/mol. The first-order valence-corrected chi connectivity index (χ1v) is 13.6. The predicted octanol–water partition coefficient (Wildman–Crippen LogP) is 7.06. The average Bonchev–Trinajstić information content (AvgIpc) is 3.48. The molecule has 40 heavy (non-hydrogen) atoms. The number of alkyl halides is 3. The zero-order chi connectivity index (χ0) is 28.1. The van der Waals surface area contributed by atoms with Gasteiger partial charge in [0.15, 0.2) is 0 Å². The Bertz CT molecular complexity index is 1330. The lowest BCUT2D eigenvalue weighted by Gasteiger charge is -2.33. The minimum atomic E-state index is -4.77. The van der Waals surface area contributed by atoms with Crippen LogP contribution in [0.15, 0.2) is 72.8 Å². The van der Waals surface area contributed by atoms with Crippen LogP contribution in [0, 0.1) is 5.92 Å². The van der Waals surface area contributed by atoms with Crippen LogP contribution in [0.3, 0.4) is 0 Å². The summed E-state index contributed by atoms with van der Waals surface area (Å²) in [5.74, 6) is 0.410. The second-order valence-electron chi connectivity index (χ2n) is 10.2. The van der Waals surface area contributed by atoms with Gasteiger partial charge in [0.25, 0.3) is 5.91 Å². The van der Waals surface area contributed by atoms with Crippen LogP contribution >= 0.6 is 0 Å². The van der Waals surface area contributed by atoms with E-state index >= 15 is 0 Å². The van der Waals surface area contributed by atoms with Gasteiger partial charge in [-0.25, -0.2) is 0 Å². The van der Waals surface area contributed by atoms with Crippen LogP contribution < -0.4 is 14.8 Å². The van der Waals surface area contributed by atoms with Crippen molar-refractivity contribution in [3.05, 3.63) is 78.4 Å². The van der Waals surface area contributed by atoms with Crippen LogP contribution in [0.4, 0.5) is 18.9 Å². The first-order chi connectivity index (χ1) is 19.2. The minimum absolute atomic E-state index is 0.0106. The number of likely N-dealkylation sites (tertiary alicyclic amines) is 1. The molecule has 1 saturated heterocycles. The lowest BCUT2D eigenvalue weighted by molar-refractivity contribution is -0.274. The lowest BCUT2D eigenvalue weighted by Crippen LogP contribution is -2.43. The van der Waals surface area contributed by atoms with Crippen molar-refractivity contribution in [1.29, 1.82) is 0 Å². The van der Waals surface area contributed by atoms with Gasteiger partial charge < -0.3 is 19.7 Å². The summed E-state index contributed by atoms with van der Waals surface area (Å²) in [6.45, 7) is 1.38. The maximum atomic E-state index is 13.2. The second kappa shape index (κ2) is 12.0. The molecule has 1 heterocycles. The van der Waals surface area contributed by atoms with Crippen molar-refractivity contribution >= 4 is 17.5 Å². The van der Waals surface area contributed by atoms with E-state index < -0.39 is 6.36 Å². The Kier molecular flexibility index (Phi) is 8.28. The topological polar surface area (TPSA) is 67.9 Å². The summed E-state index contributed by atoms with van der Waals surface area (Å²) in [5, 5.41) is 2.90. The van der Waals surface area contributed by atoms with Gasteiger partial charge in [0.05, 0.1) is 0 Å². The first-order valence-electron chi connectivity index (χ1n) is 13.6. The smallest absolute Gasteiger partial charge is 0.490 e. The van der Waals surface area contributed by atoms with Gasteiger partial charge in [-0.1, -0.05) is 49.2 Å². The maximum Gasteiger partial charge on any atom is 0.573 e. The number of anilines is 1. The third kappa shape index (κ3) is 6.94. The van der Waals surface area contributed by atoms with E-state index in [1.54, 1.807) is 42.5 Å². The van der Waals surface area contributed by atoms with E-state index in [0.717, 1.165) is 38.5 Å². The zero-order valence-corrected chi connectivity index (χ0v) is 22.0. The van der Waals surface area contributed by atoms with Crippen LogP contribution in [-0.2, 0) is 4.79 Å². The molecule has 5 rings (SSSR count). The van der Waals surface area contributed by atoms with E-state index in [-0.39, 0.29) is 29.6 Å². The number of rotatable bonds is 7. The molecule has 0 atom stereocenters. The molecule has 6 nitrogen and oxygen atoms in total. The van der Waals surface area contributed by atoms with Crippen molar-refractivity contribution in [2.24, 2.45) is 5.92 Å². The molecule has 1 saturated carbocycles. The number of carbonyl (C=O) groups excluding carboxylic acids is 2. The number of nitrogens with zero attached hydrogens (tertiary/aromatic N) is 1. The zero-order valence-electron chi connectivity index (χ0n) is 22.0. The standard InChI is InChI=1S/C31H31F3N2O4/c32-31(33,34)40-25-14-12-21(13-15-25)27-10-3-4-11-28(27)29(37)35-23-8-5-9-26(20-23)39-24-16-18-36(19-17-24)30(38)22-6-1-2-7-22/h3-5,8-15,20,22,24H,1-2,6-7,16-19H2,(H,35,37). The number of hydrogen-bond acceptors (Lipinski definition) is 4. The molecule has 2 aliphatic rings. The third-order valence-electron chi connectivity index (χ3n) is 7.42. The molecular weight excluding hydrogens is 521 g/mol. The number of halogens is 3. The Balaban J connectivity index is 1.20. The number of benzene rings is 3. The fourth-order valence-corrected chi connectivity index (χ4v) is 5.43. The van der Waals surface area contributed by atoms with Crippen molar-refractivity contribution in [2.45, 2.75) is 51.0 Å². The van der Waals surface area contributed by atoms with Crippen LogP contribution in [0.25, 0.3) is 11.1 Å². The molecule has 0 spiro atoms. The number of carbonyl (C=O) groups is 2. The van der Waals surface area contributed by atoms with Crippen LogP contribution in [0.1, 0.15) is 48.9 Å². The fraction of sp³-hybridized carbons (Fsp3) is 0.355. The van der Waals surface area contributed by atoms with Gasteiger partial charge >= 0.3 is 6.36 Å². The molecule has 0 radical (unpaired) electrons. The highest BCUT2D eigenvalue weighted by atomic mass is 19.4. The summed E-state index contributed by atoms with van der Waals surface area (Å²) < 4.78 is 47.6. The Hall–Kier alpha value is -4.01. The van der Waals surface area contributed by atoms with E-state index in [1.807, 2.05) is 11.0 Å². The van der Waals surface area contributed by atoms with Crippen LogP contribution in [0.5, 0.6) is 11.5 Å². The molecular formula is C31H31F3N2O4. The van der Waals surface area contributed by atoms with E-state index in [4.69, 9.17) is 4.74 Å². The van der Waals surface area contributed by atoms with E-state index in [0.29, 0.717) is 41.2 Å². The molecule has 3 aromatic rings. The predicted molar refractivity (Wildman–Crippen MR) is 145 cm³/mol. The molecule has 1 aliphatic heterocycles. The minimum Gasteiger partial charge on any atom is -0.490 e. The summed E-state index contributed by atoms with van der Waals surface area (Å²) in [6.07, 6.45) is 1.02. The Labute approximate surface area is 231 Å². The van der Waals surface area contributed by atoms with E-state index in [1.165, 1.54) is 24.3 Å². The Morgan fingerprint density at radius 3 is 2.23 bits per heavy atom. The largest absolute Gasteiger partial charge is 0.573 e. The first kappa shape index (κ1) is 27.6. The SMILES string of the molecule is O=C(Nc1cccc(OC2CCN(C(=O)C3CCCC3)CC2)c1)c1ccccc1-c1ccc(OC(F)(F)F)cc1. The summed E-state index contributed by atoms with van der Waals surface area (Å²) in [7, 11) is 0. The van der Waals surface area contributed by atoms with Gasteiger partial charge in [-0.3, -0.25) is 9.59 Å². The van der Waals surface area contributed by atoms with Gasteiger partial charge in [-0.05, 0) is 54.3 Å². The van der Waals surface area contributed by atoms with Gasteiger partial charge in [0.1, 0.15) is 17.6 Å². The highest BCUT2D eigenvalue weighted by molar-refractivity contribution is 6.08. The maximum absolute atomic E-state index is 13.2. The lowest BCUT2D eigenvalue weighted by atomic mass is 9.99. The number of amides is 2. The average molecular weight is 553 g/mol. The second-order valence-corrected chi connectivity index (χ2v) is 10.2. The van der Waals surface area contributed by atoms with Gasteiger partial charge in [-0.2, -0.15) is 0 Å². The number of piperidine rings is 1. The molecule has 9 heteroatoms.